The number of hydrogen-bond acceptors (Lipinski definition) is 4. The second-order valence-electron chi connectivity index (χ2n) is 4.29. The van der Waals surface area contributed by atoms with Gasteiger partial charge in [0, 0.05) is 29.5 Å². The van der Waals surface area contributed by atoms with Crippen LogP contribution in [-0.4, -0.2) is 20.3 Å². The fourth-order valence-electron chi connectivity index (χ4n) is 1.72. The average molecular weight is 356 g/mol. The van der Waals surface area contributed by atoms with Crippen LogP contribution in [0.2, 0.25) is 0 Å². The summed E-state index contributed by atoms with van der Waals surface area (Å²) < 4.78 is 11.9. The Hall–Kier alpha value is -0.880. The second kappa shape index (κ2) is 8.42. The Balaban J connectivity index is 1.90. The van der Waals surface area contributed by atoms with Crippen molar-refractivity contribution in [3.8, 4) is 5.75 Å². The van der Waals surface area contributed by atoms with Crippen molar-refractivity contribution in [1.82, 2.24) is 5.32 Å². The van der Waals surface area contributed by atoms with Crippen molar-refractivity contribution in [3.05, 3.63) is 50.6 Å². The summed E-state index contributed by atoms with van der Waals surface area (Å²) in [7, 11) is 1.70. The maximum Gasteiger partial charge on any atom is 0.122 e. The van der Waals surface area contributed by atoms with E-state index >= 15 is 0 Å². The average Bonchev–Trinajstić information content (AvgIpc) is 2.97. The number of nitrogens with one attached hydrogen (secondary N) is 1. The highest BCUT2D eigenvalue weighted by Crippen LogP contribution is 2.23. The predicted molar refractivity (Wildman–Crippen MR) is 86.4 cm³/mol. The summed E-state index contributed by atoms with van der Waals surface area (Å²) in [6.07, 6.45) is 0. The predicted octanol–water partition coefficient (Wildman–Crippen LogP) is 3.83. The van der Waals surface area contributed by atoms with Crippen LogP contribution >= 0.6 is 27.3 Å². The number of halogens is 1. The van der Waals surface area contributed by atoms with Gasteiger partial charge in [0.1, 0.15) is 12.4 Å². The largest absolute Gasteiger partial charge is 0.488 e. The minimum absolute atomic E-state index is 0.621. The minimum Gasteiger partial charge on any atom is -0.488 e. The van der Waals surface area contributed by atoms with Gasteiger partial charge in [-0.25, -0.2) is 0 Å². The van der Waals surface area contributed by atoms with E-state index in [2.05, 4.69) is 38.8 Å². The Labute approximate surface area is 132 Å². The van der Waals surface area contributed by atoms with Gasteiger partial charge in [-0.05, 0) is 35.2 Å². The molecular formula is C15H18BrNO2S. The van der Waals surface area contributed by atoms with Gasteiger partial charge in [-0.15, -0.1) is 11.3 Å². The molecular weight excluding hydrogens is 338 g/mol. The van der Waals surface area contributed by atoms with Crippen molar-refractivity contribution in [2.75, 3.05) is 20.3 Å². The SMILES string of the molecule is COCCNCc1cc(OCc2cccs2)ccc1Br. The van der Waals surface area contributed by atoms with Crippen LogP contribution in [0.25, 0.3) is 0 Å². The monoisotopic (exact) mass is 355 g/mol. The molecule has 2 rings (SSSR count). The van der Waals surface area contributed by atoms with E-state index in [1.54, 1.807) is 18.4 Å². The lowest BCUT2D eigenvalue weighted by Crippen LogP contribution is -2.18. The van der Waals surface area contributed by atoms with Crippen molar-refractivity contribution in [1.29, 1.82) is 0 Å². The molecule has 0 bridgehead atoms. The van der Waals surface area contributed by atoms with Crippen LogP contribution in [0.15, 0.2) is 40.2 Å². The lowest BCUT2D eigenvalue weighted by Gasteiger charge is -2.10. The van der Waals surface area contributed by atoms with E-state index in [0.717, 1.165) is 23.3 Å². The molecule has 0 unspecified atom stereocenters. The first-order valence-electron chi connectivity index (χ1n) is 6.43. The molecule has 3 nitrogen and oxygen atoms in total. The van der Waals surface area contributed by atoms with E-state index in [1.807, 2.05) is 18.2 Å². The van der Waals surface area contributed by atoms with E-state index in [9.17, 15) is 0 Å². The standard InChI is InChI=1S/C15H18BrNO2S/c1-18-7-6-17-10-12-9-13(4-5-15(12)16)19-11-14-3-2-8-20-14/h2-5,8-9,17H,6-7,10-11H2,1H3. The van der Waals surface area contributed by atoms with Crippen LogP contribution in [-0.2, 0) is 17.9 Å². The van der Waals surface area contributed by atoms with Crippen LogP contribution in [0.3, 0.4) is 0 Å². The lowest BCUT2D eigenvalue weighted by molar-refractivity contribution is 0.199. The first-order chi connectivity index (χ1) is 9.79. The molecule has 5 heteroatoms. The fraction of sp³-hybridized carbons (Fsp3) is 0.333. The van der Waals surface area contributed by atoms with E-state index in [-0.39, 0.29) is 0 Å². The zero-order valence-corrected chi connectivity index (χ0v) is 13.8. The maximum atomic E-state index is 5.81. The van der Waals surface area contributed by atoms with Gasteiger partial charge in [-0.3, -0.25) is 0 Å². The maximum absolute atomic E-state index is 5.81. The molecule has 0 radical (unpaired) electrons. The van der Waals surface area contributed by atoms with Crippen LogP contribution in [0.4, 0.5) is 0 Å². The Morgan fingerprint density at radius 3 is 2.95 bits per heavy atom. The smallest absolute Gasteiger partial charge is 0.122 e. The van der Waals surface area contributed by atoms with Crippen molar-refractivity contribution >= 4 is 27.3 Å². The molecule has 1 aromatic carbocycles. The number of rotatable bonds is 8. The molecule has 20 heavy (non-hydrogen) atoms. The van der Waals surface area contributed by atoms with Crippen molar-refractivity contribution in [3.63, 3.8) is 0 Å². The van der Waals surface area contributed by atoms with E-state index in [4.69, 9.17) is 9.47 Å². The minimum atomic E-state index is 0.621. The van der Waals surface area contributed by atoms with Crippen LogP contribution in [0, 0.1) is 0 Å². The van der Waals surface area contributed by atoms with Gasteiger partial charge >= 0.3 is 0 Å². The molecule has 1 aromatic heterocycles. The van der Waals surface area contributed by atoms with Gasteiger partial charge in [0.2, 0.25) is 0 Å². The molecule has 0 fully saturated rings. The summed E-state index contributed by atoms with van der Waals surface area (Å²) in [5.74, 6) is 0.894. The molecule has 0 atom stereocenters. The molecule has 0 aliphatic heterocycles. The van der Waals surface area contributed by atoms with E-state index in [0.29, 0.717) is 13.2 Å². The summed E-state index contributed by atoms with van der Waals surface area (Å²) in [6, 6.07) is 10.2. The third-order valence-corrected chi connectivity index (χ3v) is 4.40. The molecule has 1 N–H and O–H groups in total. The van der Waals surface area contributed by atoms with Crippen molar-refractivity contribution in [2.45, 2.75) is 13.2 Å². The van der Waals surface area contributed by atoms with Gasteiger partial charge in [-0.1, -0.05) is 22.0 Å². The number of methoxy groups -OCH3 is 1. The number of hydrogen-bond donors (Lipinski definition) is 1. The molecule has 1 heterocycles. The summed E-state index contributed by atoms with van der Waals surface area (Å²) in [5, 5.41) is 5.39. The first kappa shape index (κ1) is 15.5. The highest BCUT2D eigenvalue weighted by atomic mass is 79.9. The summed E-state index contributed by atoms with van der Waals surface area (Å²) in [5.41, 5.74) is 1.18. The Morgan fingerprint density at radius 2 is 2.20 bits per heavy atom. The van der Waals surface area contributed by atoms with Gasteiger partial charge in [0.25, 0.3) is 0 Å². The Morgan fingerprint density at radius 1 is 1.30 bits per heavy atom. The second-order valence-corrected chi connectivity index (χ2v) is 6.18. The molecule has 2 aromatic rings. The van der Waals surface area contributed by atoms with E-state index in [1.165, 1.54) is 10.4 Å². The summed E-state index contributed by atoms with van der Waals surface area (Å²) >= 11 is 5.27. The quantitative estimate of drug-likeness (QED) is 0.730. The zero-order valence-electron chi connectivity index (χ0n) is 11.4. The third-order valence-electron chi connectivity index (χ3n) is 2.78. The highest BCUT2D eigenvalue weighted by Gasteiger charge is 2.03. The fourth-order valence-corrected chi connectivity index (χ4v) is 2.73. The van der Waals surface area contributed by atoms with Gasteiger partial charge in [-0.2, -0.15) is 0 Å². The Bertz CT molecular complexity index is 517. The Kier molecular flexibility index (Phi) is 6.53. The molecule has 0 aliphatic carbocycles. The van der Waals surface area contributed by atoms with E-state index < -0.39 is 0 Å². The molecule has 0 aliphatic rings. The van der Waals surface area contributed by atoms with Crippen LogP contribution in [0.1, 0.15) is 10.4 Å². The molecule has 0 spiro atoms. The molecule has 0 amide bonds. The molecule has 0 saturated heterocycles. The van der Waals surface area contributed by atoms with Crippen LogP contribution < -0.4 is 10.1 Å². The molecule has 0 saturated carbocycles. The highest BCUT2D eigenvalue weighted by molar-refractivity contribution is 9.10. The summed E-state index contributed by atoms with van der Waals surface area (Å²) in [4.78, 5) is 1.23. The van der Waals surface area contributed by atoms with Gasteiger partial charge in [0.05, 0.1) is 6.61 Å². The summed E-state index contributed by atoms with van der Waals surface area (Å²) in [6.45, 7) is 2.96. The number of thiophene rings is 1. The number of benzene rings is 1. The first-order valence-corrected chi connectivity index (χ1v) is 8.10. The van der Waals surface area contributed by atoms with Crippen molar-refractivity contribution in [2.24, 2.45) is 0 Å². The normalized spacial score (nSPS) is 10.7. The topological polar surface area (TPSA) is 30.5 Å². The lowest BCUT2D eigenvalue weighted by atomic mass is 10.2. The zero-order chi connectivity index (χ0) is 14.2. The van der Waals surface area contributed by atoms with Gasteiger partial charge in [0.15, 0.2) is 0 Å². The third kappa shape index (κ3) is 4.90. The van der Waals surface area contributed by atoms with Gasteiger partial charge < -0.3 is 14.8 Å². The molecule has 108 valence electrons. The van der Waals surface area contributed by atoms with Crippen LogP contribution in [0.5, 0.6) is 5.75 Å². The number of ether oxygens (including phenoxy) is 2. The van der Waals surface area contributed by atoms with Crippen molar-refractivity contribution < 1.29 is 9.47 Å².